The Morgan fingerprint density at radius 3 is 2.87 bits per heavy atom. The van der Waals surface area contributed by atoms with Crippen LogP contribution >= 0.6 is 34.3 Å². The van der Waals surface area contributed by atoms with E-state index in [4.69, 9.17) is 16.3 Å². The number of benzene rings is 1. The largest absolute Gasteiger partial charge is 0.383 e. The zero-order valence-corrected chi connectivity index (χ0v) is 15.3. The molecule has 0 fully saturated rings. The number of sulfonamides is 1. The van der Waals surface area contributed by atoms with Crippen LogP contribution in [-0.2, 0) is 21.3 Å². The fourth-order valence-corrected chi connectivity index (χ4v) is 5.58. The van der Waals surface area contributed by atoms with Crippen molar-refractivity contribution in [2.45, 2.75) is 10.8 Å². The summed E-state index contributed by atoms with van der Waals surface area (Å²) in [6, 6.07) is 8.68. The topological polar surface area (TPSA) is 60.7 Å². The number of nitrogens with zero attached hydrogens (tertiary/aromatic N) is 2. The Kier molecular flexibility index (Phi) is 4.88. The fraction of sp³-hybridized carbons (Fsp3) is 0.214. The summed E-state index contributed by atoms with van der Waals surface area (Å²) >= 11 is 8.47. The molecule has 0 N–H and O–H groups in total. The molecule has 0 saturated heterocycles. The number of methoxy groups -OCH3 is 1. The summed E-state index contributed by atoms with van der Waals surface area (Å²) in [6.45, 7) is 0.970. The molecule has 122 valence electrons. The van der Waals surface area contributed by atoms with Crippen LogP contribution in [0.2, 0.25) is 5.02 Å². The van der Waals surface area contributed by atoms with Gasteiger partial charge < -0.3 is 9.30 Å². The number of aromatic nitrogens is 1. The average Bonchev–Trinajstić information content (AvgIpc) is 3.12. The minimum absolute atomic E-state index is 0.228. The lowest BCUT2D eigenvalue weighted by atomic mass is 10.3. The van der Waals surface area contributed by atoms with E-state index in [9.17, 15) is 8.42 Å². The number of halogens is 1. The minimum Gasteiger partial charge on any atom is -0.383 e. The first kappa shape index (κ1) is 16.7. The van der Waals surface area contributed by atoms with Crippen LogP contribution in [0.1, 0.15) is 0 Å². The molecule has 0 unspecified atom stereocenters. The molecule has 5 nitrogen and oxygen atoms in total. The molecule has 2 aromatic heterocycles. The highest BCUT2D eigenvalue weighted by molar-refractivity contribution is 7.92. The van der Waals surface area contributed by atoms with Crippen molar-refractivity contribution in [2.24, 2.45) is 4.40 Å². The Hall–Kier alpha value is -1.19. The second-order valence-electron chi connectivity index (χ2n) is 4.64. The second-order valence-corrected chi connectivity index (χ2v) is 8.86. The molecule has 0 bridgehead atoms. The van der Waals surface area contributed by atoms with Gasteiger partial charge in [0.1, 0.15) is 4.21 Å². The predicted molar refractivity (Wildman–Crippen MR) is 93.8 cm³/mol. The van der Waals surface area contributed by atoms with E-state index in [0.29, 0.717) is 23.0 Å². The molecular formula is C14H13ClN2O3S3. The van der Waals surface area contributed by atoms with Crippen molar-refractivity contribution >= 4 is 54.5 Å². The third-order valence-corrected chi connectivity index (χ3v) is 7.14. The number of hydrogen-bond acceptors (Lipinski definition) is 5. The average molecular weight is 389 g/mol. The van der Waals surface area contributed by atoms with E-state index >= 15 is 0 Å². The molecule has 0 aliphatic heterocycles. The van der Waals surface area contributed by atoms with Crippen LogP contribution in [0.25, 0.3) is 10.2 Å². The van der Waals surface area contributed by atoms with Crippen molar-refractivity contribution in [3.8, 4) is 0 Å². The van der Waals surface area contributed by atoms with E-state index in [-0.39, 0.29) is 4.21 Å². The third-order valence-electron chi connectivity index (χ3n) is 3.11. The van der Waals surface area contributed by atoms with Crippen molar-refractivity contribution in [3.05, 3.63) is 45.5 Å². The molecule has 3 aromatic rings. The van der Waals surface area contributed by atoms with Crippen LogP contribution in [0.5, 0.6) is 0 Å². The first-order chi connectivity index (χ1) is 11.0. The quantitative estimate of drug-likeness (QED) is 0.673. The van der Waals surface area contributed by atoms with E-state index in [1.54, 1.807) is 30.7 Å². The van der Waals surface area contributed by atoms with Crippen LogP contribution < -0.4 is 4.80 Å². The highest BCUT2D eigenvalue weighted by Gasteiger charge is 2.15. The van der Waals surface area contributed by atoms with Gasteiger partial charge in [0.15, 0.2) is 0 Å². The van der Waals surface area contributed by atoms with E-state index in [2.05, 4.69) is 4.40 Å². The normalized spacial score (nSPS) is 13.0. The molecule has 9 heteroatoms. The molecule has 1 aromatic carbocycles. The number of hydrogen-bond donors (Lipinski definition) is 0. The van der Waals surface area contributed by atoms with Gasteiger partial charge in [0.2, 0.25) is 4.80 Å². The Labute approximate surface area is 146 Å². The fourth-order valence-electron chi connectivity index (χ4n) is 2.07. The van der Waals surface area contributed by atoms with Crippen molar-refractivity contribution in [1.29, 1.82) is 0 Å². The Bertz CT molecular complexity index is 988. The molecule has 0 amide bonds. The van der Waals surface area contributed by atoms with Crippen molar-refractivity contribution in [2.75, 3.05) is 13.7 Å². The molecule has 0 aliphatic rings. The van der Waals surface area contributed by atoms with Gasteiger partial charge in [-0.2, -0.15) is 8.42 Å². The maximum atomic E-state index is 12.4. The first-order valence-corrected chi connectivity index (χ1v) is 10.1. The summed E-state index contributed by atoms with van der Waals surface area (Å²) in [4.78, 5) is 0.410. The summed E-state index contributed by atoms with van der Waals surface area (Å²) in [5, 5.41) is 2.32. The Morgan fingerprint density at radius 1 is 1.35 bits per heavy atom. The van der Waals surface area contributed by atoms with E-state index in [0.717, 1.165) is 21.6 Å². The molecule has 0 saturated carbocycles. The highest BCUT2D eigenvalue weighted by atomic mass is 35.5. The lowest BCUT2D eigenvalue weighted by Gasteiger charge is -2.04. The third kappa shape index (κ3) is 3.51. The summed E-state index contributed by atoms with van der Waals surface area (Å²) in [5.41, 5.74) is 0.886. The summed E-state index contributed by atoms with van der Waals surface area (Å²) in [5.74, 6) is 0. The van der Waals surface area contributed by atoms with Gasteiger partial charge in [-0.1, -0.05) is 29.0 Å². The second kappa shape index (κ2) is 6.74. The molecular weight excluding hydrogens is 376 g/mol. The molecule has 0 radical (unpaired) electrons. The first-order valence-electron chi connectivity index (χ1n) is 6.63. The zero-order valence-electron chi connectivity index (χ0n) is 12.1. The number of fused-ring (bicyclic) bond motifs is 1. The Balaban J connectivity index is 2.21. The van der Waals surface area contributed by atoms with E-state index in [1.807, 2.05) is 16.7 Å². The van der Waals surface area contributed by atoms with Crippen molar-refractivity contribution < 1.29 is 13.2 Å². The number of rotatable bonds is 5. The van der Waals surface area contributed by atoms with Gasteiger partial charge in [-0.25, -0.2) is 0 Å². The molecule has 23 heavy (non-hydrogen) atoms. The summed E-state index contributed by atoms with van der Waals surface area (Å²) < 4.78 is 36.9. The van der Waals surface area contributed by atoms with Gasteiger partial charge in [0.05, 0.1) is 16.8 Å². The molecule has 0 atom stereocenters. The number of ether oxygens (including phenoxy) is 1. The molecule has 0 spiro atoms. The molecule has 2 heterocycles. The zero-order chi connectivity index (χ0) is 16.4. The van der Waals surface area contributed by atoms with Gasteiger partial charge in [-0.3, -0.25) is 0 Å². The van der Waals surface area contributed by atoms with Gasteiger partial charge >= 0.3 is 0 Å². The number of thiophene rings is 1. The van der Waals surface area contributed by atoms with Crippen LogP contribution in [-0.4, -0.2) is 26.7 Å². The van der Waals surface area contributed by atoms with Gasteiger partial charge in [-0.05, 0) is 29.6 Å². The lowest BCUT2D eigenvalue weighted by molar-refractivity contribution is 0.187. The van der Waals surface area contributed by atoms with Crippen LogP contribution in [0.4, 0.5) is 0 Å². The maximum Gasteiger partial charge on any atom is 0.294 e. The summed E-state index contributed by atoms with van der Waals surface area (Å²) in [6.07, 6.45) is 0. The SMILES string of the molecule is COCCn1/c(=N/S(=O)(=O)c2cccs2)sc2cc(Cl)ccc21. The standard InChI is InChI=1S/C14H13ClN2O3S3/c1-20-7-6-17-11-5-4-10(15)9-12(11)22-14(17)16-23(18,19)13-3-2-8-21-13/h2-5,8-9H,6-7H2,1H3/b16-14-. The van der Waals surface area contributed by atoms with Crippen LogP contribution in [0.15, 0.2) is 44.3 Å². The molecule has 0 aliphatic carbocycles. The van der Waals surface area contributed by atoms with Crippen LogP contribution in [0, 0.1) is 0 Å². The van der Waals surface area contributed by atoms with Crippen molar-refractivity contribution in [3.63, 3.8) is 0 Å². The van der Waals surface area contributed by atoms with Gasteiger partial charge in [0.25, 0.3) is 10.0 Å². The summed E-state index contributed by atoms with van der Waals surface area (Å²) in [7, 11) is -2.11. The predicted octanol–water partition coefficient (Wildman–Crippen LogP) is 3.35. The Morgan fingerprint density at radius 2 is 2.17 bits per heavy atom. The van der Waals surface area contributed by atoms with E-state index in [1.165, 1.54) is 11.3 Å². The van der Waals surface area contributed by atoms with Crippen LogP contribution in [0.3, 0.4) is 0 Å². The van der Waals surface area contributed by atoms with Gasteiger partial charge in [-0.15, -0.1) is 15.7 Å². The molecule has 3 rings (SSSR count). The van der Waals surface area contributed by atoms with E-state index < -0.39 is 10.0 Å². The lowest BCUT2D eigenvalue weighted by Crippen LogP contribution is -2.19. The van der Waals surface area contributed by atoms with Crippen molar-refractivity contribution in [1.82, 2.24) is 4.57 Å². The number of thiazole rings is 1. The minimum atomic E-state index is -3.72. The highest BCUT2D eigenvalue weighted by Crippen LogP contribution is 2.23. The smallest absolute Gasteiger partial charge is 0.294 e. The van der Waals surface area contributed by atoms with Gasteiger partial charge in [0, 0.05) is 18.7 Å². The monoisotopic (exact) mass is 388 g/mol. The maximum absolute atomic E-state index is 12.4.